The number of nitrogens with zero attached hydrogens (tertiary/aromatic N) is 4. The van der Waals surface area contributed by atoms with E-state index in [9.17, 15) is 0 Å². The van der Waals surface area contributed by atoms with Gasteiger partial charge in [-0.15, -0.1) is 0 Å². The van der Waals surface area contributed by atoms with E-state index in [0.29, 0.717) is 17.6 Å². The molecule has 1 aromatic rings. The molecule has 1 aromatic heterocycles. The van der Waals surface area contributed by atoms with Gasteiger partial charge in [0.2, 0.25) is 5.95 Å². The molecule has 1 saturated heterocycles. The summed E-state index contributed by atoms with van der Waals surface area (Å²) in [6.07, 6.45) is 2.12. The number of rotatable bonds is 4. The number of ether oxygens (including phenoxy) is 1. The highest BCUT2D eigenvalue weighted by atomic mass is 16.5. The number of methoxy groups -OCH3 is 1. The molecule has 1 fully saturated rings. The lowest BCUT2D eigenvalue weighted by atomic mass is 9.98. The van der Waals surface area contributed by atoms with Gasteiger partial charge in [-0.1, -0.05) is 5.16 Å². The molecule has 0 spiro atoms. The molecule has 2 heterocycles. The number of aryl methyl sites for hydroxylation is 1. The van der Waals surface area contributed by atoms with E-state index in [0.717, 1.165) is 38.2 Å². The Morgan fingerprint density at radius 1 is 1.50 bits per heavy atom. The normalized spacial score (nSPS) is 17.5. The first-order chi connectivity index (χ1) is 9.63. The fraction of sp³-hybridized carbons (Fsp3) is 0.615. The maximum absolute atomic E-state index is 8.75. The van der Waals surface area contributed by atoms with E-state index >= 15 is 0 Å². The van der Waals surface area contributed by atoms with Crippen molar-refractivity contribution >= 4 is 11.8 Å². The van der Waals surface area contributed by atoms with Gasteiger partial charge in [-0.2, -0.15) is 0 Å². The van der Waals surface area contributed by atoms with Crippen LogP contribution in [0.25, 0.3) is 0 Å². The minimum Gasteiger partial charge on any atom is -0.409 e. The van der Waals surface area contributed by atoms with Gasteiger partial charge in [-0.3, -0.25) is 0 Å². The van der Waals surface area contributed by atoms with E-state index in [1.165, 1.54) is 0 Å². The Morgan fingerprint density at radius 2 is 2.20 bits per heavy atom. The van der Waals surface area contributed by atoms with Crippen LogP contribution >= 0.6 is 0 Å². The lowest BCUT2D eigenvalue weighted by Crippen LogP contribution is -2.36. The summed E-state index contributed by atoms with van der Waals surface area (Å²) in [4.78, 5) is 10.9. The second kappa shape index (κ2) is 6.51. The molecule has 110 valence electrons. The fourth-order valence-electron chi connectivity index (χ4n) is 2.41. The van der Waals surface area contributed by atoms with Gasteiger partial charge in [-0.05, 0) is 31.7 Å². The van der Waals surface area contributed by atoms with Crippen molar-refractivity contribution in [2.45, 2.75) is 19.8 Å². The molecule has 0 aromatic carbocycles. The average molecular weight is 279 g/mol. The van der Waals surface area contributed by atoms with Crippen molar-refractivity contribution in [3.8, 4) is 0 Å². The third-order valence-corrected chi connectivity index (χ3v) is 3.51. The summed E-state index contributed by atoms with van der Waals surface area (Å²) in [6.45, 7) is 4.47. The molecule has 1 aliphatic heterocycles. The summed E-state index contributed by atoms with van der Waals surface area (Å²) in [7, 11) is 1.74. The Labute approximate surface area is 118 Å². The van der Waals surface area contributed by atoms with Crippen LogP contribution in [0.1, 0.15) is 24.2 Å². The van der Waals surface area contributed by atoms with Gasteiger partial charge in [0.25, 0.3) is 0 Å². The molecule has 0 saturated carbocycles. The van der Waals surface area contributed by atoms with Crippen LogP contribution in [-0.2, 0) is 4.74 Å². The van der Waals surface area contributed by atoms with Crippen molar-refractivity contribution in [3.63, 3.8) is 0 Å². The number of piperidine rings is 1. The molecular weight excluding hydrogens is 258 g/mol. The summed E-state index contributed by atoms with van der Waals surface area (Å²) in [6, 6.07) is 1.70. The van der Waals surface area contributed by atoms with Gasteiger partial charge < -0.3 is 20.6 Å². The molecule has 3 N–H and O–H groups in total. The number of anilines is 1. The minimum atomic E-state index is 0.00557. The summed E-state index contributed by atoms with van der Waals surface area (Å²) in [5.74, 6) is 1.25. The van der Waals surface area contributed by atoms with Gasteiger partial charge >= 0.3 is 0 Å². The van der Waals surface area contributed by atoms with Crippen molar-refractivity contribution < 1.29 is 9.94 Å². The number of aromatic nitrogens is 2. The summed E-state index contributed by atoms with van der Waals surface area (Å²) in [5.41, 5.74) is 6.85. The molecular formula is C13H21N5O2. The number of nitrogens with two attached hydrogens (primary N) is 1. The van der Waals surface area contributed by atoms with Gasteiger partial charge in [0.15, 0.2) is 5.84 Å². The third kappa shape index (κ3) is 3.36. The maximum atomic E-state index is 8.75. The average Bonchev–Trinajstić information content (AvgIpc) is 2.47. The highest BCUT2D eigenvalue weighted by Crippen LogP contribution is 2.21. The van der Waals surface area contributed by atoms with Crippen LogP contribution in [0.2, 0.25) is 0 Å². The molecule has 7 heteroatoms. The van der Waals surface area contributed by atoms with Crippen LogP contribution in [0, 0.1) is 12.8 Å². The van der Waals surface area contributed by atoms with Crippen LogP contribution < -0.4 is 10.6 Å². The quantitative estimate of drug-likeness (QED) is 0.365. The van der Waals surface area contributed by atoms with Crippen LogP contribution in [0.4, 0.5) is 5.95 Å². The zero-order valence-corrected chi connectivity index (χ0v) is 11.9. The van der Waals surface area contributed by atoms with E-state index < -0.39 is 0 Å². The van der Waals surface area contributed by atoms with Crippen molar-refractivity contribution in [2.24, 2.45) is 16.8 Å². The molecule has 0 amide bonds. The lowest BCUT2D eigenvalue weighted by molar-refractivity contribution is 0.139. The van der Waals surface area contributed by atoms with Crippen LogP contribution in [-0.4, -0.2) is 47.8 Å². The molecule has 20 heavy (non-hydrogen) atoms. The Morgan fingerprint density at radius 3 is 2.80 bits per heavy atom. The Hall–Kier alpha value is -1.89. The first kappa shape index (κ1) is 14.5. The fourth-order valence-corrected chi connectivity index (χ4v) is 2.41. The van der Waals surface area contributed by atoms with Gasteiger partial charge in [-0.25, -0.2) is 9.97 Å². The number of amidine groups is 1. The lowest BCUT2D eigenvalue weighted by Gasteiger charge is -2.31. The topological polar surface area (TPSA) is 96.9 Å². The second-order valence-corrected chi connectivity index (χ2v) is 5.07. The molecule has 0 radical (unpaired) electrons. The highest BCUT2D eigenvalue weighted by molar-refractivity contribution is 5.95. The minimum absolute atomic E-state index is 0.00557. The SMILES string of the molecule is COCC1CCN(c2nc(C)cc(/C(N)=N/O)n2)CC1. The number of hydrogen-bond donors (Lipinski definition) is 2. The number of oxime groups is 1. The van der Waals surface area contributed by atoms with E-state index in [2.05, 4.69) is 20.0 Å². The zero-order valence-electron chi connectivity index (χ0n) is 11.9. The molecule has 2 rings (SSSR count). The Kier molecular flexibility index (Phi) is 4.73. The van der Waals surface area contributed by atoms with Crippen molar-refractivity contribution in [3.05, 3.63) is 17.5 Å². The van der Waals surface area contributed by atoms with E-state index in [4.69, 9.17) is 15.7 Å². The van der Waals surface area contributed by atoms with Crippen LogP contribution in [0.5, 0.6) is 0 Å². The molecule has 1 aliphatic rings. The van der Waals surface area contributed by atoms with E-state index in [1.807, 2.05) is 6.92 Å². The van der Waals surface area contributed by atoms with Crippen molar-refractivity contribution in [1.29, 1.82) is 0 Å². The van der Waals surface area contributed by atoms with Crippen molar-refractivity contribution in [1.82, 2.24) is 9.97 Å². The van der Waals surface area contributed by atoms with E-state index in [1.54, 1.807) is 13.2 Å². The first-order valence-electron chi connectivity index (χ1n) is 6.71. The summed E-state index contributed by atoms with van der Waals surface area (Å²) < 4.78 is 5.20. The highest BCUT2D eigenvalue weighted by Gasteiger charge is 2.21. The van der Waals surface area contributed by atoms with Gasteiger partial charge in [0.1, 0.15) is 5.69 Å². The molecule has 7 nitrogen and oxygen atoms in total. The van der Waals surface area contributed by atoms with Crippen LogP contribution in [0.3, 0.4) is 0 Å². The maximum Gasteiger partial charge on any atom is 0.226 e. The number of hydrogen-bond acceptors (Lipinski definition) is 6. The van der Waals surface area contributed by atoms with Gasteiger partial charge in [0, 0.05) is 32.5 Å². The Bertz CT molecular complexity index is 484. The monoisotopic (exact) mass is 279 g/mol. The molecule has 0 atom stereocenters. The zero-order chi connectivity index (χ0) is 14.5. The second-order valence-electron chi connectivity index (χ2n) is 5.07. The summed E-state index contributed by atoms with van der Waals surface area (Å²) >= 11 is 0. The standard InChI is InChI=1S/C13H21N5O2/c1-9-7-11(12(14)17-19)16-13(15-9)18-5-3-10(4-6-18)8-20-2/h7,10,19H,3-6,8H2,1-2H3,(H2,14,17). The first-order valence-corrected chi connectivity index (χ1v) is 6.71. The summed E-state index contributed by atoms with van der Waals surface area (Å²) in [5, 5.41) is 11.7. The molecule has 0 bridgehead atoms. The molecule has 0 unspecified atom stereocenters. The van der Waals surface area contributed by atoms with Gasteiger partial charge in [0.05, 0.1) is 0 Å². The predicted molar refractivity (Wildman–Crippen MR) is 76.1 cm³/mol. The van der Waals surface area contributed by atoms with Crippen LogP contribution in [0.15, 0.2) is 11.2 Å². The third-order valence-electron chi connectivity index (χ3n) is 3.51. The van der Waals surface area contributed by atoms with E-state index in [-0.39, 0.29) is 5.84 Å². The van der Waals surface area contributed by atoms with Crippen molar-refractivity contribution in [2.75, 3.05) is 31.7 Å². The Balaban J connectivity index is 2.12. The largest absolute Gasteiger partial charge is 0.409 e. The smallest absolute Gasteiger partial charge is 0.226 e. The molecule has 0 aliphatic carbocycles. The predicted octanol–water partition coefficient (Wildman–Crippen LogP) is 0.742.